The molecule has 6 heteroatoms. The SMILES string of the molecule is C[C@@H]1C[C@@H]1c1ccc(/C=c2\s/c(=C\c3nc4ccccc4s3)[nH]c2=O)o1. The molecule has 1 aliphatic rings. The number of fused-ring (bicyclic) bond motifs is 1. The van der Waals surface area contributed by atoms with Crippen molar-refractivity contribution in [1.82, 2.24) is 9.97 Å². The van der Waals surface area contributed by atoms with Crippen molar-refractivity contribution in [1.29, 1.82) is 0 Å². The van der Waals surface area contributed by atoms with E-state index in [1.807, 2.05) is 42.5 Å². The van der Waals surface area contributed by atoms with Crippen molar-refractivity contribution in [2.45, 2.75) is 19.3 Å². The Labute approximate surface area is 157 Å². The molecule has 4 aromatic rings. The lowest BCUT2D eigenvalue weighted by Gasteiger charge is -1.89. The highest BCUT2D eigenvalue weighted by Crippen LogP contribution is 2.47. The van der Waals surface area contributed by atoms with E-state index in [9.17, 15) is 4.79 Å². The highest BCUT2D eigenvalue weighted by Gasteiger charge is 2.36. The van der Waals surface area contributed by atoms with E-state index >= 15 is 0 Å². The first-order chi connectivity index (χ1) is 12.7. The van der Waals surface area contributed by atoms with Crippen LogP contribution in [0.1, 0.15) is 35.8 Å². The summed E-state index contributed by atoms with van der Waals surface area (Å²) in [5.74, 6) is 3.01. The summed E-state index contributed by atoms with van der Waals surface area (Å²) in [4.78, 5) is 19.8. The Bertz CT molecular complexity index is 1240. The molecule has 4 nitrogen and oxygen atoms in total. The Hall–Kier alpha value is -2.44. The molecule has 0 spiro atoms. The van der Waals surface area contributed by atoms with Crippen LogP contribution in [-0.2, 0) is 0 Å². The van der Waals surface area contributed by atoms with E-state index < -0.39 is 0 Å². The molecule has 2 atom stereocenters. The third-order valence-electron chi connectivity index (χ3n) is 4.64. The molecule has 5 rings (SSSR count). The number of thiazole rings is 2. The van der Waals surface area contributed by atoms with Crippen molar-refractivity contribution < 1.29 is 4.42 Å². The highest BCUT2D eigenvalue weighted by molar-refractivity contribution is 7.19. The molecule has 0 bridgehead atoms. The molecule has 1 fully saturated rings. The summed E-state index contributed by atoms with van der Waals surface area (Å²) in [6, 6.07) is 12.0. The van der Waals surface area contributed by atoms with Crippen molar-refractivity contribution in [3.8, 4) is 0 Å². The topological polar surface area (TPSA) is 58.9 Å². The molecule has 0 unspecified atom stereocenters. The second kappa shape index (κ2) is 6.07. The molecule has 1 saturated carbocycles. The number of para-hydroxylation sites is 1. The van der Waals surface area contributed by atoms with E-state index in [1.165, 1.54) is 17.8 Å². The van der Waals surface area contributed by atoms with Crippen molar-refractivity contribution in [3.63, 3.8) is 0 Å². The number of rotatable bonds is 3. The van der Waals surface area contributed by atoms with Crippen LogP contribution in [0.4, 0.5) is 0 Å². The zero-order chi connectivity index (χ0) is 17.7. The van der Waals surface area contributed by atoms with Gasteiger partial charge in [0.25, 0.3) is 5.56 Å². The summed E-state index contributed by atoms with van der Waals surface area (Å²) in [5, 5.41) is 0.887. The molecule has 1 N–H and O–H groups in total. The van der Waals surface area contributed by atoms with Gasteiger partial charge in [0.05, 0.1) is 19.4 Å². The number of aromatic nitrogens is 2. The lowest BCUT2D eigenvalue weighted by molar-refractivity contribution is 0.497. The van der Waals surface area contributed by atoms with Crippen LogP contribution in [-0.4, -0.2) is 9.97 Å². The number of nitrogens with one attached hydrogen (secondary N) is 1. The molecule has 130 valence electrons. The summed E-state index contributed by atoms with van der Waals surface area (Å²) < 4.78 is 8.46. The van der Waals surface area contributed by atoms with E-state index in [1.54, 1.807) is 11.3 Å². The average Bonchev–Trinajstić information content (AvgIpc) is 2.99. The van der Waals surface area contributed by atoms with Gasteiger partial charge in [-0.25, -0.2) is 4.98 Å². The third-order valence-corrected chi connectivity index (χ3v) is 6.59. The smallest absolute Gasteiger partial charge is 0.266 e. The number of hydrogen-bond acceptors (Lipinski definition) is 5. The van der Waals surface area contributed by atoms with E-state index in [2.05, 4.69) is 23.0 Å². The minimum absolute atomic E-state index is 0.0971. The van der Waals surface area contributed by atoms with E-state index in [0.29, 0.717) is 16.4 Å². The van der Waals surface area contributed by atoms with Gasteiger partial charge in [-0.15, -0.1) is 22.7 Å². The lowest BCUT2D eigenvalue weighted by atomic mass is 10.3. The summed E-state index contributed by atoms with van der Waals surface area (Å²) in [5.41, 5.74) is 0.881. The van der Waals surface area contributed by atoms with Crippen molar-refractivity contribution >= 4 is 45.0 Å². The van der Waals surface area contributed by atoms with Gasteiger partial charge in [0.1, 0.15) is 16.5 Å². The number of nitrogens with zero attached hydrogens (tertiary/aromatic N) is 1. The molecular weight excluding hydrogens is 364 g/mol. The van der Waals surface area contributed by atoms with Gasteiger partial charge in [0.15, 0.2) is 0 Å². The van der Waals surface area contributed by atoms with Gasteiger partial charge >= 0.3 is 0 Å². The Balaban J connectivity index is 1.51. The number of benzene rings is 1. The monoisotopic (exact) mass is 380 g/mol. The average molecular weight is 380 g/mol. The normalized spacial score (nSPS) is 21.0. The standard InChI is InChI=1S/C20H16N2O2S2/c1-11-8-13(11)15-7-6-12(24-15)9-17-20(23)22-19(26-17)10-18-21-14-4-2-3-5-16(14)25-18/h2-7,9-11,13H,8H2,1H3,(H,22,23)/b17-9-,19-10-/t11-,13+/m1/s1. The molecule has 0 amide bonds. The lowest BCUT2D eigenvalue weighted by Crippen LogP contribution is -2.19. The second-order valence-electron chi connectivity index (χ2n) is 6.65. The van der Waals surface area contributed by atoms with Crippen molar-refractivity contribution in [2.24, 2.45) is 5.92 Å². The molecule has 3 aromatic heterocycles. The number of hydrogen-bond donors (Lipinski definition) is 1. The maximum absolute atomic E-state index is 12.3. The largest absolute Gasteiger partial charge is 0.461 e. The summed E-state index contributed by atoms with van der Waals surface area (Å²) in [6.07, 6.45) is 4.93. The number of furan rings is 1. The van der Waals surface area contributed by atoms with Gasteiger partial charge in [0.2, 0.25) is 0 Å². The Morgan fingerprint density at radius 1 is 1.19 bits per heavy atom. The predicted molar refractivity (Wildman–Crippen MR) is 106 cm³/mol. The van der Waals surface area contributed by atoms with Gasteiger partial charge < -0.3 is 9.40 Å². The van der Waals surface area contributed by atoms with Crippen LogP contribution in [0.15, 0.2) is 45.6 Å². The third kappa shape index (κ3) is 2.95. The van der Waals surface area contributed by atoms with Crippen LogP contribution in [0.5, 0.6) is 0 Å². The van der Waals surface area contributed by atoms with Gasteiger partial charge in [-0.05, 0) is 36.6 Å². The number of H-pyrrole nitrogens is 1. The van der Waals surface area contributed by atoms with Gasteiger partial charge in [0, 0.05) is 18.1 Å². The quantitative estimate of drug-likeness (QED) is 0.592. The summed E-state index contributed by atoms with van der Waals surface area (Å²) in [6.45, 7) is 2.23. The predicted octanol–water partition coefficient (Wildman–Crippen LogP) is 3.42. The summed E-state index contributed by atoms with van der Waals surface area (Å²) in [7, 11) is 0. The van der Waals surface area contributed by atoms with Crippen molar-refractivity contribution in [3.05, 3.63) is 72.5 Å². The van der Waals surface area contributed by atoms with Crippen LogP contribution < -0.4 is 14.8 Å². The molecule has 3 heterocycles. The minimum Gasteiger partial charge on any atom is -0.461 e. The molecule has 26 heavy (non-hydrogen) atoms. The van der Waals surface area contributed by atoms with E-state index in [0.717, 1.165) is 31.4 Å². The molecule has 0 saturated heterocycles. The van der Waals surface area contributed by atoms with E-state index in [4.69, 9.17) is 4.42 Å². The summed E-state index contributed by atoms with van der Waals surface area (Å²) >= 11 is 3.03. The van der Waals surface area contributed by atoms with Crippen LogP contribution in [0.2, 0.25) is 0 Å². The fourth-order valence-electron chi connectivity index (χ4n) is 3.08. The minimum atomic E-state index is -0.0971. The molecule has 0 aliphatic heterocycles. The first kappa shape index (κ1) is 15.8. The van der Waals surface area contributed by atoms with Crippen LogP contribution in [0.3, 0.4) is 0 Å². The van der Waals surface area contributed by atoms with Gasteiger partial charge in [-0.1, -0.05) is 19.1 Å². The zero-order valence-electron chi connectivity index (χ0n) is 14.1. The van der Waals surface area contributed by atoms with Crippen LogP contribution in [0, 0.1) is 5.92 Å². The first-order valence-corrected chi connectivity index (χ1v) is 10.2. The maximum atomic E-state index is 12.3. The van der Waals surface area contributed by atoms with Gasteiger partial charge in [-0.2, -0.15) is 0 Å². The Kier molecular flexibility index (Phi) is 3.69. The Morgan fingerprint density at radius 2 is 2.04 bits per heavy atom. The fraction of sp³-hybridized carbons (Fsp3) is 0.200. The Morgan fingerprint density at radius 3 is 2.85 bits per heavy atom. The van der Waals surface area contributed by atoms with Gasteiger partial charge in [-0.3, -0.25) is 4.79 Å². The molecule has 1 aromatic carbocycles. The first-order valence-electron chi connectivity index (χ1n) is 8.53. The van der Waals surface area contributed by atoms with Crippen molar-refractivity contribution in [2.75, 3.05) is 0 Å². The number of aromatic amines is 1. The molecular formula is C20H16N2O2S2. The van der Waals surface area contributed by atoms with Crippen LogP contribution in [0.25, 0.3) is 22.4 Å². The molecule has 1 aliphatic carbocycles. The second-order valence-corrected chi connectivity index (χ2v) is 8.80. The highest BCUT2D eigenvalue weighted by atomic mass is 32.1. The maximum Gasteiger partial charge on any atom is 0.266 e. The molecule has 0 radical (unpaired) electrons. The zero-order valence-corrected chi connectivity index (χ0v) is 15.7. The van der Waals surface area contributed by atoms with E-state index in [-0.39, 0.29) is 5.56 Å². The fourth-order valence-corrected chi connectivity index (χ4v) is 4.94. The van der Waals surface area contributed by atoms with Crippen LogP contribution >= 0.6 is 22.7 Å².